The van der Waals surface area contributed by atoms with Crippen molar-refractivity contribution in [3.63, 3.8) is 0 Å². The van der Waals surface area contributed by atoms with Crippen molar-refractivity contribution in [2.24, 2.45) is 17.8 Å². The van der Waals surface area contributed by atoms with Crippen molar-refractivity contribution in [3.8, 4) is 0 Å². The molecule has 0 saturated carbocycles. The lowest BCUT2D eigenvalue weighted by Gasteiger charge is -2.39. The molecule has 1 saturated heterocycles. The van der Waals surface area contributed by atoms with E-state index in [1.165, 1.54) is 0 Å². The summed E-state index contributed by atoms with van der Waals surface area (Å²) in [6.45, 7) is 5.19. The second-order valence-electron chi connectivity index (χ2n) is 9.59. The highest BCUT2D eigenvalue weighted by Gasteiger charge is 2.41. The highest BCUT2D eigenvalue weighted by Crippen LogP contribution is 2.42. The number of hydrogen-bond acceptors (Lipinski definition) is 4. The first kappa shape index (κ1) is 25.5. The van der Waals surface area contributed by atoms with Gasteiger partial charge in [0.15, 0.2) is 0 Å². The second-order valence-corrected chi connectivity index (χ2v) is 12.5. The van der Waals surface area contributed by atoms with Crippen LogP contribution in [0.25, 0.3) is 0 Å². The SMILES string of the molecule is C[C@@H]1CCN(S(=O)(=O)[C@H]2C[C@H](CO)Cc3ccc(NC(=O)c4c(Cl)cccc4Cl)cc32)C[C@H]1C. The number of carbonyl (C=O) groups excluding carboxylic acids is 1. The van der Waals surface area contributed by atoms with E-state index in [0.29, 0.717) is 43.1 Å². The van der Waals surface area contributed by atoms with Gasteiger partial charge in [-0.2, -0.15) is 0 Å². The van der Waals surface area contributed by atoms with E-state index >= 15 is 0 Å². The van der Waals surface area contributed by atoms with Crippen LogP contribution in [0, 0.1) is 17.8 Å². The van der Waals surface area contributed by atoms with E-state index in [1.54, 1.807) is 34.6 Å². The highest BCUT2D eigenvalue weighted by atomic mass is 35.5. The van der Waals surface area contributed by atoms with Gasteiger partial charge in [-0.25, -0.2) is 12.7 Å². The van der Waals surface area contributed by atoms with E-state index in [4.69, 9.17) is 23.2 Å². The maximum absolute atomic E-state index is 13.8. The Hall–Kier alpha value is -1.64. The van der Waals surface area contributed by atoms with E-state index in [9.17, 15) is 18.3 Å². The summed E-state index contributed by atoms with van der Waals surface area (Å²) in [6, 6.07) is 10.2. The molecule has 0 bridgehead atoms. The predicted octanol–water partition coefficient (Wildman–Crippen LogP) is 5.15. The number of aliphatic hydroxyl groups excluding tert-OH is 1. The third-order valence-electron chi connectivity index (χ3n) is 7.27. The minimum absolute atomic E-state index is 0.0671. The Morgan fingerprint density at radius 2 is 1.85 bits per heavy atom. The van der Waals surface area contributed by atoms with E-state index in [2.05, 4.69) is 19.2 Å². The van der Waals surface area contributed by atoms with Gasteiger partial charge in [-0.05, 0) is 72.4 Å². The standard InChI is InChI=1S/C25H30Cl2N2O4S/c1-15-8-9-29(13-16(15)2)34(32,33)23-11-17(14-30)10-18-6-7-19(12-20(18)23)28-25(31)24-21(26)4-3-5-22(24)27/h3-7,12,15-17,23,30H,8-11,13-14H2,1-2H3,(H,28,31)/t15-,16-,17-,23+/m1/s1. The van der Waals surface area contributed by atoms with Crippen molar-refractivity contribution in [3.05, 3.63) is 63.1 Å². The normalized spacial score (nSPS) is 25.6. The number of nitrogens with one attached hydrogen (secondary N) is 1. The molecule has 2 N–H and O–H groups in total. The lowest BCUT2D eigenvalue weighted by molar-refractivity contribution is 0.102. The number of hydrogen-bond donors (Lipinski definition) is 2. The first-order chi connectivity index (χ1) is 16.1. The van der Waals surface area contributed by atoms with Crippen molar-refractivity contribution in [1.82, 2.24) is 4.31 Å². The summed E-state index contributed by atoms with van der Waals surface area (Å²) >= 11 is 12.4. The summed E-state index contributed by atoms with van der Waals surface area (Å²) in [4.78, 5) is 12.9. The van der Waals surface area contributed by atoms with Gasteiger partial charge >= 0.3 is 0 Å². The molecule has 34 heavy (non-hydrogen) atoms. The first-order valence-electron chi connectivity index (χ1n) is 11.6. The minimum atomic E-state index is -3.64. The summed E-state index contributed by atoms with van der Waals surface area (Å²) in [6.07, 6.45) is 1.77. The zero-order chi connectivity index (χ0) is 24.6. The largest absolute Gasteiger partial charge is 0.396 e. The molecule has 1 aliphatic carbocycles. The molecule has 6 nitrogen and oxygen atoms in total. The van der Waals surface area contributed by atoms with Crippen LogP contribution in [0.4, 0.5) is 5.69 Å². The van der Waals surface area contributed by atoms with E-state index < -0.39 is 21.2 Å². The van der Waals surface area contributed by atoms with Crippen LogP contribution < -0.4 is 5.32 Å². The zero-order valence-electron chi connectivity index (χ0n) is 19.3. The van der Waals surface area contributed by atoms with E-state index in [0.717, 1.165) is 12.0 Å². The van der Waals surface area contributed by atoms with Crippen molar-refractivity contribution in [1.29, 1.82) is 0 Å². The molecule has 1 amide bonds. The molecule has 0 unspecified atom stereocenters. The van der Waals surface area contributed by atoms with Crippen molar-refractivity contribution < 1.29 is 18.3 Å². The Bertz CT molecular complexity index is 1170. The molecule has 0 radical (unpaired) electrons. The summed E-state index contributed by atoms with van der Waals surface area (Å²) in [5.74, 6) is 0.175. The lowest BCUT2D eigenvalue weighted by atomic mass is 9.83. The maximum Gasteiger partial charge on any atom is 0.258 e. The molecule has 184 valence electrons. The molecule has 2 aliphatic rings. The Morgan fingerprint density at radius 3 is 2.50 bits per heavy atom. The number of aliphatic hydroxyl groups is 1. The van der Waals surface area contributed by atoms with Gasteiger partial charge in [0.05, 0.1) is 15.6 Å². The number of carbonyl (C=O) groups is 1. The van der Waals surface area contributed by atoms with Gasteiger partial charge in [-0.15, -0.1) is 0 Å². The topological polar surface area (TPSA) is 86.7 Å². The molecular formula is C25H30Cl2N2O4S. The molecule has 1 fully saturated rings. The summed E-state index contributed by atoms with van der Waals surface area (Å²) in [5, 5.41) is 12.4. The van der Waals surface area contributed by atoms with Crippen molar-refractivity contribution >= 4 is 44.8 Å². The predicted molar refractivity (Wildman–Crippen MR) is 136 cm³/mol. The van der Waals surface area contributed by atoms with Gasteiger partial charge in [0.25, 0.3) is 5.91 Å². The highest BCUT2D eigenvalue weighted by molar-refractivity contribution is 7.89. The number of nitrogens with zero attached hydrogens (tertiary/aromatic N) is 1. The number of fused-ring (bicyclic) bond motifs is 1. The molecule has 2 aromatic rings. The van der Waals surface area contributed by atoms with Crippen LogP contribution in [0.1, 0.15) is 53.4 Å². The summed E-state index contributed by atoms with van der Waals surface area (Å²) < 4.78 is 29.2. The smallest absolute Gasteiger partial charge is 0.258 e. The molecule has 2 aromatic carbocycles. The average molecular weight is 525 g/mol. The number of sulfonamides is 1. The van der Waals surface area contributed by atoms with Crippen molar-refractivity contribution in [2.45, 2.75) is 38.4 Å². The summed E-state index contributed by atoms with van der Waals surface area (Å²) in [5.41, 5.74) is 2.21. The zero-order valence-corrected chi connectivity index (χ0v) is 21.6. The Morgan fingerprint density at radius 1 is 1.15 bits per heavy atom. The fourth-order valence-corrected chi connectivity index (χ4v) is 7.73. The Balaban J connectivity index is 1.66. The lowest BCUT2D eigenvalue weighted by Crippen LogP contribution is -2.45. The van der Waals surface area contributed by atoms with E-state index in [1.807, 2.05) is 6.07 Å². The van der Waals surface area contributed by atoms with Crippen LogP contribution in [0.5, 0.6) is 0 Å². The van der Waals surface area contributed by atoms with Gasteiger partial charge in [0, 0.05) is 25.4 Å². The Kier molecular flexibility index (Phi) is 7.60. The fraction of sp³-hybridized carbons (Fsp3) is 0.480. The van der Waals surface area contributed by atoms with Crippen LogP contribution >= 0.6 is 23.2 Å². The molecule has 0 aromatic heterocycles. The number of anilines is 1. The molecule has 9 heteroatoms. The van der Waals surface area contributed by atoms with Crippen LogP contribution in [-0.2, 0) is 16.4 Å². The summed E-state index contributed by atoms with van der Waals surface area (Å²) in [7, 11) is -3.64. The van der Waals surface area contributed by atoms with Crippen LogP contribution in [-0.4, -0.2) is 43.4 Å². The number of benzene rings is 2. The van der Waals surface area contributed by atoms with Gasteiger partial charge in [0.2, 0.25) is 10.0 Å². The molecule has 0 spiro atoms. The minimum Gasteiger partial charge on any atom is -0.396 e. The van der Waals surface area contributed by atoms with Crippen LogP contribution in [0.15, 0.2) is 36.4 Å². The number of rotatable bonds is 5. The van der Waals surface area contributed by atoms with E-state index in [-0.39, 0.29) is 34.1 Å². The molecule has 1 heterocycles. The van der Waals surface area contributed by atoms with Crippen molar-refractivity contribution in [2.75, 3.05) is 25.0 Å². The second kappa shape index (κ2) is 10.2. The first-order valence-corrected chi connectivity index (χ1v) is 13.9. The average Bonchev–Trinajstić information content (AvgIpc) is 2.79. The molecule has 4 rings (SSSR count). The fourth-order valence-electron chi connectivity index (χ4n) is 4.95. The molecule has 1 aliphatic heterocycles. The van der Waals surface area contributed by atoms with Gasteiger partial charge < -0.3 is 10.4 Å². The van der Waals surface area contributed by atoms with Gasteiger partial charge in [0.1, 0.15) is 5.25 Å². The molecule has 4 atom stereocenters. The Labute approximate surface area is 211 Å². The van der Waals surface area contributed by atoms with Crippen LogP contribution in [0.2, 0.25) is 10.0 Å². The number of halogens is 2. The monoisotopic (exact) mass is 524 g/mol. The third kappa shape index (κ3) is 5.00. The molecular weight excluding hydrogens is 495 g/mol. The van der Waals surface area contributed by atoms with Gasteiger partial charge in [-0.1, -0.05) is 49.2 Å². The maximum atomic E-state index is 13.8. The van der Waals surface area contributed by atoms with Gasteiger partial charge in [-0.3, -0.25) is 4.79 Å². The number of piperidine rings is 1. The van der Waals surface area contributed by atoms with Crippen LogP contribution in [0.3, 0.4) is 0 Å². The third-order valence-corrected chi connectivity index (χ3v) is 10.1. The number of amides is 1. The quantitative estimate of drug-likeness (QED) is 0.566.